The van der Waals surface area contributed by atoms with Crippen molar-refractivity contribution in [3.8, 4) is 0 Å². The van der Waals surface area contributed by atoms with Crippen molar-refractivity contribution >= 4 is 53.4 Å². The van der Waals surface area contributed by atoms with Crippen molar-refractivity contribution in [3.63, 3.8) is 0 Å². The van der Waals surface area contributed by atoms with E-state index in [0.29, 0.717) is 17.7 Å². The Hall–Kier alpha value is -7.04. The summed E-state index contributed by atoms with van der Waals surface area (Å²) in [5, 5.41) is 74.4. The number of halogens is 1. The summed E-state index contributed by atoms with van der Waals surface area (Å²) >= 11 is 0. The minimum absolute atomic E-state index is 0.0463. The molecule has 0 saturated carbocycles. The number of hydrogen-bond acceptors (Lipinski definition) is 15. The van der Waals surface area contributed by atoms with Crippen molar-refractivity contribution < 1.29 is 67.9 Å². The van der Waals surface area contributed by atoms with E-state index in [9.17, 15) is 63.2 Å². The van der Waals surface area contributed by atoms with Gasteiger partial charge in [0.15, 0.2) is 12.1 Å². The van der Waals surface area contributed by atoms with Crippen LogP contribution in [-0.2, 0) is 57.8 Å². The zero-order chi connectivity index (χ0) is 49.8. The number of amides is 8. The molecule has 8 amide bonds. The fourth-order valence-electron chi connectivity index (χ4n) is 6.94. The average Bonchev–Trinajstić information content (AvgIpc) is 3.75. The van der Waals surface area contributed by atoms with E-state index in [1.165, 1.54) is 10.9 Å². The Morgan fingerprint density at radius 3 is 2.26 bits per heavy atom. The first-order valence-corrected chi connectivity index (χ1v) is 21.7. The molecule has 0 spiro atoms. The average molecular weight is 962 g/mol. The molecule has 3 heterocycles. The molecule has 68 heavy (non-hydrogen) atoms. The van der Waals surface area contributed by atoms with Crippen molar-refractivity contribution in [2.24, 2.45) is 5.73 Å². The van der Waals surface area contributed by atoms with E-state index in [1.54, 1.807) is 30.3 Å². The summed E-state index contributed by atoms with van der Waals surface area (Å²) in [5.41, 5.74) is 8.66. The van der Waals surface area contributed by atoms with Gasteiger partial charge in [-0.05, 0) is 50.5 Å². The van der Waals surface area contributed by atoms with Crippen LogP contribution < -0.4 is 48.4 Å². The molecule has 2 unspecified atom stereocenters. The lowest BCUT2D eigenvalue weighted by Crippen LogP contribution is -2.63. The summed E-state index contributed by atoms with van der Waals surface area (Å²) < 4.78 is 19.3. The van der Waals surface area contributed by atoms with Crippen LogP contribution in [0.4, 0.5) is 9.18 Å². The van der Waals surface area contributed by atoms with Gasteiger partial charge in [0.2, 0.25) is 23.6 Å². The minimum atomic E-state index is -1.88. The third-order valence-corrected chi connectivity index (χ3v) is 10.5. The topological polar surface area (TPSA) is 407 Å². The number of aromatic nitrogens is 3. The maximum atomic E-state index is 14.0. The SMILES string of the molecule is N=C(N)NCCC[C@@H]1NC(=O)[C@H](CCCCNC(=O)C2O[C@H](CNC(=O)Cn3cc(CCC[18F])nn3)[C@H](O)C(O)[C@@H]2O)NC(=O)N(Cc2ccccc2)NC(=O)[C@H](CC(=O)O)NC(=O)CNC1=O. The van der Waals surface area contributed by atoms with Gasteiger partial charge in [-0.3, -0.25) is 48.8 Å². The van der Waals surface area contributed by atoms with Gasteiger partial charge in [-0.2, -0.15) is 0 Å². The highest BCUT2D eigenvalue weighted by atomic mass is 18.2. The predicted molar refractivity (Wildman–Crippen MR) is 232 cm³/mol. The number of alkyl halides is 1. The van der Waals surface area contributed by atoms with Crippen LogP contribution in [-0.4, -0.2) is 175 Å². The third kappa shape index (κ3) is 17.3. The fraction of sp³-hybridized carbons (Fsp3) is 0.575. The lowest BCUT2D eigenvalue weighted by Gasteiger charge is -2.40. The molecule has 2 aliphatic heterocycles. The lowest BCUT2D eigenvalue weighted by atomic mass is 9.94. The number of nitrogens with one attached hydrogen (secondary N) is 9. The number of aliphatic carboxylic acids is 1. The molecule has 374 valence electrons. The molecule has 2 saturated heterocycles. The summed E-state index contributed by atoms with van der Waals surface area (Å²) in [7, 11) is 0. The van der Waals surface area contributed by atoms with Crippen molar-refractivity contribution in [2.75, 3.05) is 32.9 Å². The van der Waals surface area contributed by atoms with Gasteiger partial charge in [0.25, 0.3) is 11.8 Å². The molecule has 1 aromatic carbocycles. The van der Waals surface area contributed by atoms with Crippen LogP contribution in [0.1, 0.15) is 56.2 Å². The highest BCUT2D eigenvalue weighted by Crippen LogP contribution is 2.21. The van der Waals surface area contributed by atoms with Crippen LogP contribution in [0.25, 0.3) is 0 Å². The molecule has 2 fully saturated rings. The van der Waals surface area contributed by atoms with E-state index in [1.807, 2.05) is 0 Å². The summed E-state index contributed by atoms with van der Waals surface area (Å²) in [5.74, 6) is -7.05. The molecule has 0 aliphatic carbocycles. The summed E-state index contributed by atoms with van der Waals surface area (Å²) in [6.45, 7) is -2.21. The quantitative estimate of drug-likeness (QED) is 0.0316. The Balaban J connectivity index is 1.44. The second kappa shape index (κ2) is 26.9. The van der Waals surface area contributed by atoms with Crippen LogP contribution in [0.5, 0.6) is 0 Å². The summed E-state index contributed by atoms with van der Waals surface area (Å²) in [6.07, 6.45) is -7.09. The number of nitrogens with two attached hydrogens (primary N) is 1. The van der Waals surface area contributed by atoms with E-state index in [-0.39, 0.29) is 77.2 Å². The number of hydrogen-bond donors (Lipinski definition) is 14. The highest BCUT2D eigenvalue weighted by Gasteiger charge is 2.46. The number of nitrogens with zero attached hydrogens (tertiary/aromatic N) is 4. The molecule has 4 rings (SSSR count). The smallest absolute Gasteiger partial charge is 0.337 e. The zero-order valence-electron chi connectivity index (χ0n) is 36.9. The number of guanidine groups is 1. The van der Waals surface area contributed by atoms with Crippen molar-refractivity contribution in [3.05, 3.63) is 47.8 Å². The first kappa shape index (κ1) is 53.6. The maximum Gasteiger partial charge on any atom is 0.337 e. The second-order valence-electron chi connectivity index (χ2n) is 15.9. The monoisotopic (exact) mass is 961 g/mol. The first-order chi connectivity index (χ1) is 32.4. The van der Waals surface area contributed by atoms with Crippen molar-refractivity contribution in [2.45, 2.75) is 113 Å². The van der Waals surface area contributed by atoms with E-state index in [2.05, 4.69) is 53.0 Å². The second-order valence-corrected chi connectivity index (χ2v) is 15.9. The van der Waals surface area contributed by atoms with Gasteiger partial charge in [0, 0.05) is 25.8 Å². The number of rotatable bonds is 21. The third-order valence-electron chi connectivity index (χ3n) is 10.5. The Bertz CT molecular complexity index is 2070. The number of aryl methyl sites for hydroxylation is 1. The molecule has 27 nitrogen and oxygen atoms in total. The number of carbonyl (C=O) groups is 8. The Labute approximate surface area is 388 Å². The van der Waals surface area contributed by atoms with Crippen LogP contribution in [0.2, 0.25) is 0 Å². The summed E-state index contributed by atoms with van der Waals surface area (Å²) in [6, 6.07) is 2.80. The molecular weight excluding hydrogens is 903 g/mol. The van der Waals surface area contributed by atoms with Gasteiger partial charge in [0.1, 0.15) is 49.1 Å². The molecular formula is C40H59FN14O13. The van der Waals surface area contributed by atoms with Crippen LogP contribution in [0.3, 0.4) is 0 Å². The van der Waals surface area contributed by atoms with Gasteiger partial charge in [-0.1, -0.05) is 35.5 Å². The number of hydrazine groups is 1. The molecule has 2 aliphatic rings. The van der Waals surface area contributed by atoms with Gasteiger partial charge < -0.3 is 68.1 Å². The lowest BCUT2D eigenvalue weighted by molar-refractivity contribution is -0.219. The van der Waals surface area contributed by atoms with Gasteiger partial charge >= 0.3 is 12.0 Å². The van der Waals surface area contributed by atoms with Crippen molar-refractivity contribution in [1.82, 2.24) is 62.6 Å². The zero-order valence-corrected chi connectivity index (χ0v) is 36.9. The number of carboxylic acids is 1. The molecule has 2 aromatic rings. The van der Waals surface area contributed by atoms with E-state index in [4.69, 9.17) is 15.9 Å². The molecule has 1 aromatic heterocycles. The number of unbranched alkanes of at least 4 members (excludes halogenated alkanes) is 1. The van der Waals surface area contributed by atoms with E-state index < -0.39 is 116 Å². The van der Waals surface area contributed by atoms with Gasteiger partial charge in [-0.15, -0.1) is 5.10 Å². The number of urea groups is 1. The number of benzene rings is 1. The Morgan fingerprint density at radius 1 is 0.853 bits per heavy atom. The van der Waals surface area contributed by atoms with Gasteiger partial charge in [-0.25, -0.2) is 14.5 Å². The first-order valence-electron chi connectivity index (χ1n) is 21.7. The Morgan fingerprint density at radius 2 is 1.56 bits per heavy atom. The normalized spacial score (nSPS) is 23.9. The van der Waals surface area contributed by atoms with Crippen LogP contribution in [0.15, 0.2) is 36.5 Å². The Kier molecular flexibility index (Phi) is 21.2. The number of ether oxygens (including phenoxy) is 1. The van der Waals surface area contributed by atoms with E-state index in [0.717, 1.165) is 5.01 Å². The predicted octanol–water partition coefficient (Wildman–Crippen LogP) is -5.12. The number of carboxylic acid groups (broad SMARTS) is 1. The van der Waals surface area contributed by atoms with Crippen molar-refractivity contribution in [1.29, 1.82) is 5.41 Å². The maximum absolute atomic E-state index is 14.0. The largest absolute Gasteiger partial charge is 0.481 e. The molecule has 28 heteroatoms. The summed E-state index contributed by atoms with van der Waals surface area (Å²) in [4.78, 5) is 105. The van der Waals surface area contributed by atoms with E-state index >= 15 is 0 Å². The number of aliphatic hydroxyl groups is 3. The minimum Gasteiger partial charge on any atom is -0.481 e. The molecule has 0 radical (unpaired) electrons. The molecule has 8 atom stereocenters. The number of aliphatic hydroxyl groups excluding tert-OH is 3. The van der Waals surface area contributed by atoms with Crippen LogP contribution in [0, 0.1) is 5.41 Å². The standard InChI is InChI=1S/C40H59FN14O13/c41-13-6-10-23-20-54(53-51-23)21-29(57)46-17-27-31(60)32(61)33(62)34(68-27)38(66)44-14-5-4-11-25-36(64)49-24(12-7-15-45-39(42)43)35(63)47-18-28(56)48-26(16-30(58)59)37(65)52-55(40(67)50-25)19-22-8-2-1-3-9-22/h1-3,8-9,20,24-27,31-34,60-62H,4-7,10-19,21H2,(H,44,66)(H,46,57)(H,47,63)(H,48,56)(H,49,64)(H,50,67)(H,52,65)(H,58,59)(H4,42,43,45)/t24-,25-,26-,27+,31-,32?,33-,34?/m0/s1/i41-1. The molecule has 0 bridgehead atoms. The highest BCUT2D eigenvalue weighted by molar-refractivity contribution is 5.96. The fourth-order valence-corrected chi connectivity index (χ4v) is 6.94. The molecule has 15 N–H and O–H groups in total. The van der Waals surface area contributed by atoms with Crippen LogP contribution >= 0.6 is 0 Å². The number of carbonyl (C=O) groups excluding carboxylic acids is 7. The van der Waals surface area contributed by atoms with Gasteiger partial charge in [0.05, 0.1) is 31.9 Å².